The van der Waals surface area contributed by atoms with Gasteiger partial charge in [0, 0.05) is 20.3 Å². The van der Waals surface area contributed by atoms with Gasteiger partial charge in [-0.2, -0.15) is 31.1 Å². The molecule has 2 rings (SSSR count). The van der Waals surface area contributed by atoms with Crippen LogP contribution in [0.2, 0.25) is 0 Å². The summed E-state index contributed by atoms with van der Waals surface area (Å²) in [4.78, 5) is 1.24. The maximum absolute atomic E-state index is 12.8. The largest absolute Gasteiger partial charge is 0.416 e. The summed E-state index contributed by atoms with van der Waals surface area (Å²) in [5.41, 5.74) is -2.96. The van der Waals surface area contributed by atoms with Crippen molar-refractivity contribution >= 4 is 5.95 Å². The van der Waals surface area contributed by atoms with Gasteiger partial charge < -0.3 is 10.1 Å². The smallest absolute Gasteiger partial charge is 0.385 e. The Bertz CT molecular complexity index is 695. The van der Waals surface area contributed by atoms with Gasteiger partial charge in [-0.05, 0) is 35.4 Å². The van der Waals surface area contributed by atoms with Crippen LogP contribution in [-0.2, 0) is 30.2 Å². The Morgan fingerprint density at radius 3 is 2.19 bits per heavy atom. The van der Waals surface area contributed by atoms with Crippen LogP contribution in [0, 0.1) is 0 Å². The Balaban J connectivity index is 2.11. The van der Waals surface area contributed by atoms with Gasteiger partial charge in [0.15, 0.2) is 0 Å². The van der Waals surface area contributed by atoms with Crippen LogP contribution in [0.15, 0.2) is 18.2 Å². The number of anilines is 1. The van der Waals surface area contributed by atoms with Crippen LogP contribution >= 0.6 is 0 Å². The molecule has 6 nitrogen and oxygen atoms in total. The number of nitrogens with zero attached hydrogens (tertiary/aromatic N) is 4. The third-order valence-corrected chi connectivity index (χ3v) is 3.26. The number of ether oxygens (including phenoxy) is 1. The van der Waals surface area contributed by atoms with Crippen LogP contribution in [0.25, 0.3) is 0 Å². The van der Waals surface area contributed by atoms with E-state index in [1.54, 1.807) is 0 Å². The Morgan fingerprint density at radius 1 is 1.04 bits per heavy atom. The Hall–Kier alpha value is -2.37. The average Bonchev–Trinajstić information content (AvgIpc) is 2.99. The molecule has 0 bridgehead atoms. The van der Waals surface area contributed by atoms with Crippen molar-refractivity contribution < 1.29 is 31.1 Å². The Morgan fingerprint density at radius 2 is 1.65 bits per heavy atom. The Kier molecular flexibility index (Phi) is 6.05. The van der Waals surface area contributed by atoms with E-state index in [-0.39, 0.29) is 24.1 Å². The van der Waals surface area contributed by atoms with Gasteiger partial charge in [-0.25, -0.2) is 0 Å². The molecule has 0 saturated heterocycles. The topological polar surface area (TPSA) is 64.9 Å². The van der Waals surface area contributed by atoms with Crippen LogP contribution < -0.4 is 5.32 Å². The molecule has 0 unspecified atom stereocenters. The van der Waals surface area contributed by atoms with Crippen LogP contribution in [0.1, 0.15) is 23.1 Å². The summed E-state index contributed by atoms with van der Waals surface area (Å²) < 4.78 is 81.7. The lowest BCUT2D eigenvalue weighted by molar-refractivity contribution is -0.143. The molecule has 0 amide bonds. The molecule has 1 N–H and O–H groups in total. The molecule has 0 aliphatic rings. The maximum Gasteiger partial charge on any atom is 0.416 e. The molecule has 1 aromatic heterocycles. The first-order chi connectivity index (χ1) is 12.1. The van der Waals surface area contributed by atoms with Crippen molar-refractivity contribution in [1.82, 2.24) is 20.2 Å². The van der Waals surface area contributed by atoms with Gasteiger partial charge in [0.2, 0.25) is 0 Å². The fourth-order valence-electron chi connectivity index (χ4n) is 2.06. The minimum Gasteiger partial charge on any atom is -0.385 e. The maximum atomic E-state index is 12.8. The van der Waals surface area contributed by atoms with Crippen molar-refractivity contribution in [2.75, 3.05) is 19.0 Å². The quantitative estimate of drug-likeness (QED) is 0.587. The predicted molar refractivity (Wildman–Crippen MR) is 78.1 cm³/mol. The number of hydrogen-bond donors (Lipinski definition) is 1. The summed E-state index contributed by atoms with van der Waals surface area (Å²) in [5.74, 6) is -0.00612. The van der Waals surface area contributed by atoms with E-state index in [4.69, 9.17) is 4.74 Å². The molecule has 2 aromatic rings. The van der Waals surface area contributed by atoms with Crippen LogP contribution in [-0.4, -0.2) is 33.9 Å². The molecular formula is C14H15F6N5O. The molecule has 0 atom stereocenters. The van der Waals surface area contributed by atoms with E-state index in [0.29, 0.717) is 31.7 Å². The standard InChI is InChI=1S/C14H15F6N5O/c1-26-4-2-3-25-23-12(22-24-25)21-8-9-5-10(13(15,16)17)7-11(6-9)14(18,19)20/h5-7H,2-4,8H2,1H3,(H,21,23). The van der Waals surface area contributed by atoms with E-state index in [2.05, 4.69) is 20.7 Å². The number of hydrogen-bond acceptors (Lipinski definition) is 5. The minimum atomic E-state index is -4.89. The zero-order valence-electron chi connectivity index (χ0n) is 13.5. The van der Waals surface area contributed by atoms with E-state index in [1.165, 1.54) is 11.9 Å². The third kappa shape index (κ3) is 5.58. The molecule has 0 saturated carbocycles. The summed E-state index contributed by atoms with van der Waals surface area (Å²) in [5, 5.41) is 13.8. The van der Waals surface area contributed by atoms with E-state index >= 15 is 0 Å². The highest BCUT2D eigenvalue weighted by Crippen LogP contribution is 2.36. The van der Waals surface area contributed by atoms with Crippen molar-refractivity contribution in [1.29, 1.82) is 0 Å². The first-order valence-electron chi connectivity index (χ1n) is 7.38. The molecule has 144 valence electrons. The number of nitrogens with one attached hydrogen (secondary N) is 1. The van der Waals surface area contributed by atoms with E-state index in [9.17, 15) is 26.3 Å². The van der Waals surface area contributed by atoms with Crippen molar-refractivity contribution in [3.63, 3.8) is 0 Å². The van der Waals surface area contributed by atoms with Gasteiger partial charge in [-0.15, -0.1) is 5.10 Å². The Labute approximate surface area is 144 Å². The highest BCUT2D eigenvalue weighted by Gasteiger charge is 2.36. The minimum absolute atomic E-state index is 0.00612. The number of halogens is 6. The molecule has 0 fully saturated rings. The number of alkyl halides is 6. The lowest BCUT2D eigenvalue weighted by atomic mass is 10.0. The lowest BCUT2D eigenvalue weighted by Gasteiger charge is -2.14. The first kappa shape index (κ1) is 19.9. The van der Waals surface area contributed by atoms with Gasteiger partial charge in [0.05, 0.1) is 17.7 Å². The fraction of sp³-hybridized carbons (Fsp3) is 0.500. The summed E-state index contributed by atoms with van der Waals surface area (Å²) in [6.45, 7) is 0.565. The van der Waals surface area contributed by atoms with E-state index in [1.807, 2.05) is 0 Å². The van der Waals surface area contributed by atoms with Crippen LogP contribution in [0.4, 0.5) is 32.3 Å². The highest BCUT2D eigenvalue weighted by molar-refractivity contribution is 5.35. The third-order valence-electron chi connectivity index (χ3n) is 3.26. The zero-order chi connectivity index (χ0) is 19.4. The van der Waals surface area contributed by atoms with Crippen molar-refractivity contribution in [3.05, 3.63) is 34.9 Å². The monoisotopic (exact) mass is 383 g/mol. The molecular weight excluding hydrogens is 368 g/mol. The van der Waals surface area contributed by atoms with Crippen molar-refractivity contribution in [2.45, 2.75) is 31.9 Å². The summed E-state index contributed by atoms with van der Waals surface area (Å²) >= 11 is 0. The molecule has 26 heavy (non-hydrogen) atoms. The second-order valence-corrected chi connectivity index (χ2v) is 5.32. The van der Waals surface area contributed by atoms with E-state index < -0.39 is 23.5 Å². The number of aromatic nitrogens is 4. The lowest BCUT2D eigenvalue weighted by Crippen LogP contribution is -2.13. The number of tetrazole rings is 1. The zero-order valence-corrected chi connectivity index (χ0v) is 13.5. The summed E-state index contributed by atoms with van der Waals surface area (Å²) in [6.07, 6.45) is -9.16. The SMILES string of the molecule is COCCCn1nnc(NCc2cc(C(F)(F)F)cc(C(F)(F)F)c2)n1. The first-order valence-corrected chi connectivity index (χ1v) is 7.38. The van der Waals surface area contributed by atoms with Crippen molar-refractivity contribution in [3.8, 4) is 0 Å². The highest BCUT2D eigenvalue weighted by atomic mass is 19.4. The fourth-order valence-corrected chi connectivity index (χ4v) is 2.06. The van der Waals surface area contributed by atoms with Gasteiger partial charge in [-0.1, -0.05) is 5.10 Å². The molecule has 0 spiro atoms. The summed E-state index contributed by atoms with van der Waals surface area (Å²) in [7, 11) is 1.53. The predicted octanol–water partition coefficient (Wildman–Crippen LogP) is 3.36. The second kappa shape index (κ2) is 7.89. The molecule has 1 aromatic carbocycles. The molecule has 12 heteroatoms. The van der Waals surface area contributed by atoms with Gasteiger partial charge in [0.25, 0.3) is 5.95 Å². The average molecular weight is 383 g/mol. The number of benzene rings is 1. The number of rotatable bonds is 7. The van der Waals surface area contributed by atoms with Crippen LogP contribution in [0.5, 0.6) is 0 Å². The molecule has 0 radical (unpaired) electrons. The van der Waals surface area contributed by atoms with Crippen LogP contribution in [0.3, 0.4) is 0 Å². The molecule has 1 heterocycles. The molecule has 0 aliphatic heterocycles. The summed E-state index contributed by atoms with van der Waals surface area (Å²) in [6, 6.07) is 1.37. The van der Waals surface area contributed by atoms with Crippen molar-refractivity contribution in [2.24, 2.45) is 0 Å². The number of methoxy groups -OCH3 is 1. The van der Waals surface area contributed by atoms with Gasteiger partial charge >= 0.3 is 12.4 Å². The van der Waals surface area contributed by atoms with Gasteiger partial charge in [0.1, 0.15) is 0 Å². The molecule has 0 aliphatic carbocycles. The van der Waals surface area contributed by atoms with Gasteiger partial charge in [-0.3, -0.25) is 0 Å². The normalized spacial score (nSPS) is 12.4. The second-order valence-electron chi connectivity index (χ2n) is 5.32. The van der Waals surface area contributed by atoms with E-state index in [0.717, 1.165) is 0 Å². The number of aryl methyl sites for hydroxylation is 1.